The number of hydrogen-bond acceptors (Lipinski definition) is 7. The molecule has 0 spiro atoms. The van der Waals surface area contributed by atoms with Crippen molar-refractivity contribution in [2.45, 2.75) is 32.1 Å². The van der Waals surface area contributed by atoms with Gasteiger partial charge in [0.2, 0.25) is 11.8 Å². The number of benzene rings is 1. The van der Waals surface area contributed by atoms with Gasteiger partial charge in [0.05, 0.1) is 35.1 Å². The molecule has 2 fully saturated rings. The first-order valence-electron chi connectivity index (χ1n) is 11.1. The van der Waals surface area contributed by atoms with E-state index in [1.54, 1.807) is 0 Å². The van der Waals surface area contributed by atoms with E-state index in [2.05, 4.69) is 16.9 Å². The third-order valence-corrected chi connectivity index (χ3v) is 6.95. The molecule has 0 aromatic heterocycles. The van der Waals surface area contributed by atoms with Crippen molar-refractivity contribution in [1.29, 1.82) is 0 Å². The lowest BCUT2D eigenvalue weighted by atomic mass is 9.85. The van der Waals surface area contributed by atoms with Gasteiger partial charge in [-0.3, -0.25) is 14.5 Å². The first kappa shape index (κ1) is 20.6. The van der Waals surface area contributed by atoms with E-state index in [0.717, 1.165) is 25.7 Å². The number of nitrogens with zero attached hydrogens (tertiary/aromatic N) is 1. The smallest absolute Gasteiger partial charge is 0.346 e. The van der Waals surface area contributed by atoms with Gasteiger partial charge in [0.1, 0.15) is 0 Å². The van der Waals surface area contributed by atoms with Gasteiger partial charge in [0, 0.05) is 6.54 Å². The van der Waals surface area contributed by atoms with Crippen LogP contribution in [0.1, 0.15) is 63.2 Å². The summed E-state index contributed by atoms with van der Waals surface area (Å²) in [5.41, 5.74) is 0.410. The number of carbonyl (C=O) groups excluding carboxylic acids is 5. The first-order valence-corrected chi connectivity index (χ1v) is 11.1. The van der Waals surface area contributed by atoms with Crippen molar-refractivity contribution in [1.82, 2.24) is 4.90 Å². The topological polar surface area (TPSA) is 107 Å². The van der Waals surface area contributed by atoms with Gasteiger partial charge < -0.3 is 9.47 Å². The lowest BCUT2D eigenvalue weighted by Gasteiger charge is -2.17. The van der Waals surface area contributed by atoms with E-state index >= 15 is 0 Å². The number of likely N-dealkylation sites (tertiary alicyclic amines) is 1. The number of amides is 2. The van der Waals surface area contributed by atoms with Gasteiger partial charge in [0.15, 0.2) is 0 Å². The Morgan fingerprint density at radius 3 is 2.28 bits per heavy atom. The van der Waals surface area contributed by atoms with Crippen LogP contribution in [-0.4, -0.2) is 47.8 Å². The zero-order chi connectivity index (χ0) is 22.4. The molecule has 2 aliphatic heterocycles. The summed E-state index contributed by atoms with van der Waals surface area (Å²) in [4.78, 5) is 62.0. The summed E-state index contributed by atoms with van der Waals surface area (Å²) in [6, 6.07) is 4.13. The zero-order valence-electron chi connectivity index (χ0n) is 17.5. The van der Waals surface area contributed by atoms with E-state index in [0.29, 0.717) is 13.0 Å². The number of allylic oxidation sites excluding steroid dienone is 2. The van der Waals surface area contributed by atoms with Crippen molar-refractivity contribution >= 4 is 29.7 Å². The second-order valence-corrected chi connectivity index (χ2v) is 8.82. The molecule has 1 saturated heterocycles. The van der Waals surface area contributed by atoms with Crippen molar-refractivity contribution in [2.24, 2.45) is 23.7 Å². The minimum atomic E-state index is -0.762. The number of esters is 3. The number of unbranched alkanes of at least 4 members (excludes halogenated alkanes) is 3. The summed E-state index contributed by atoms with van der Waals surface area (Å²) >= 11 is 0. The van der Waals surface area contributed by atoms with Crippen LogP contribution in [0.2, 0.25) is 0 Å². The van der Waals surface area contributed by atoms with Gasteiger partial charge in [-0.2, -0.15) is 0 Å². The summed E-state index contributed by atoms with van der Waals surface area (Å²) in [6.07, 6.45) is 8.13. The highest BCUT2D eigenvalue weighted by molar-refractivity contribution is 6.15. The number of hydrogen-bond donors (Lipinski definition) is 0. The molecule has 8 heteroatoms. The molecular formula is C24H23NO7. The maximum atomic E-state index is 12.6. The minimum absolute atomic E-state index is 0.00860. The highest BCUT2D eigenvalue weighted by Crippen LogP contribution is 2.52. The summed E-state index contributed by atoms with van der Waals surface area (Å²) in [5, 5.41) is 0. The minimum Gasteiger partial charge on any atom is -0.462 e. The predicted octanol–water partition coefficient (Wildman–Crippen LogP) is 2.52. The first-order chi connectivity index (χ1) is 15.5. The van der Waals surface area contributed by atoms with Crippen molar-refractivity contribution in [3.63, 3.8) is 0 Å². The fraction of sp³-hybridized carbons (Fsp3) is 0.458. The molecule has 2 heterocycles. The van der Waals surface area contributed by atoms with Crippen LogP contribution < -0.4 is 0 Å². The molecule has 166 valence electrons. The fourth-order valence-corrected chi connectivity index (χ4v) is 5.37. The summed E-state index contributed by atoms with van der Waals surface area (Å²) in [7, 11) is 0. The molecule has 2 aliphatic carbocycles. The summed E-state index contributed by atoms with van der Waals surface area (Å²) < 4.78 is 9.75. The van der Waals surface area contributed by atoms with Crippen molar-refractivity contribution in [3.05, 3.63) is 47.0 Å². The molecule has 0 radical (unpaired) electrons. The van der Waals surface area contributed by atoms with Gasteiger partial charge in [0.25, 0.3) is 0 Å². The van der Waals surface area contributed by atoms with Crippen LogP contribution in [0.15, 0.2) is 30.4 Å². The Bertz CT molecular complexity index is 1030. The predicted molar refractivity (Wildman–Crippen MR) is 109 cm³/mol. The molecular weight excluding hydrogens is 414 g/mol. The molecule has 4 aliphatic rings. The Balaban J connectivity index is 1.02. The quantitative estimate of drug-likeness (QED) is 0.202. The van der Waals surface area contributed by atoms with Gasteiger partial charge in [-0.05, 0) is 55.7 Å². The van der Waals surface area contributed by atoms with E-state index in [-0.39, 0.29) is 58.8 Å². The number of cyclic esters (lactones) is 2. The van der Waals surface area contributed by atoms with E-state index in [9.17, 15) is 24.0 Å². The Morgan fingerprint density at radius 2 is 1.56 bits per heavy atom. The van der Waals surface area contributed by atoms with E-state index in [1.807, 2.05) is 0 Å². The molecule has 5 rings (SSSR count). The molecule has 32 heavy (non-hydrogen) atoms. The summed E-state index contributed by atoms with van der Waals surface area (Å²) in [6.45, 7) is 0.674. The largest absolute Gasteiger partial charge is 0.462 e. The van der Waals surface area contributed by atoms with Crippen LogP contribution in [0, 0.1) is 23.7 Å². The van der Waals surface area contributed by atoms with E-state index in [1.165, 1.54) is 23.1 Å². The molecule has 2 bridgehead atoms. The second-order valence-electron chi connectivity index (χ2n) is 8.82. The highest BCUT2D eigenvalue weighted by Gasteiger charge is 2.58. The van der Waals surface area contributed by atoms with Crippen molar-refractivity contribution < 1.29 is 33.4 Å². The van der Waals surface area contributed by atoms with Crippen LogP contribution in [0.25, 0.3) is 0 Å². The average Bonchev–Trinajstić information content (AvgIpc) is 3.52. The molecule has 1 saturated carbocycles. The molecule has 1 aromatic carbocycles. The van der Waals surface area contributed by atoms with Crippen LogP contribution in [0.4, 0.5) is 0 Å². The Labute approximate surface area is 184 Å². The van der Waals surface area contributed by atoms with Crippen molar-refractivity contribution in [2.75, 3.05) is 13.2 Å². The Morgan fingerprint density at radius 1 is 0.906 bits per heavy atom. The third-order valence-electron chi connectivity index (χ3n) is 6.95. The van der Waals surface area contributed by atoms with Gasteiger partial charge in [-0.25, -0.2) is 14.4 Å². The van der Waals surface area contributed by atoms with Crippen LogP contribution in [0.5, 0.6) is 0 Å². The molecule has 8 nitrogen and oxygen atoms in total. The SMILES string of the molecule is O=C(OCCCCCCN1C(=O)C2C3C=CC(C3)C2C1=O)c1ccc2c(c1)C(=O)OC2=O. The number of rotatable bonds is 8. The number of carbonyl (C=O) groups is 5. The second kappa shape index (κ2) is 8.00. The lowest BCUT2D eigenvalue weighted by molar-refractivity contribution is -0.140. The Hall–Kier alpha value is -3.29. The van der Waals surface area contributed by atoms with Gasteiger partial charge in [-0.1, -0.05) is 18.6 Å². The van der Waals surface area contributed by atoms with E-state index < -0.39 is 17.9 Å². The van der Waals surface area contributed by atoms with Crippen LogP contribution in [-0.2, 0) is 19.1 Å². The fourth-order valence-electron chi connectivity index (χ4n) is 5.37. The average molecular weight is 437 g/mol. The summed E-state index contributed by atoms with van der Waals surface area (Å²) in [5.74, 6) is -1.88. The number of ether oxygens (including phenoxy) is 2. The zero-order valence-corrected chi connectivity index (χ0v) is 17.5. The molecule has 4 unspecified atom stereocenters. The number of fused-ring (bicyclic) bond motifs is 6. The molecule has 1 aromatic rings. The van der Waals surface area contributed by atoms with Crippen LogP contribution >= 0.6 is 0 Å². The Kier molecular flexibility index (Phi) is 5.15. The maximum Gasteiger partial charge on any atom is 0.346 e. The highest BCUT2D eigenvalue weighted by atomic mass is 16.6. The molecule has 0 N–H and O–H groups in total. The third kappa shape index (κ3) is 3.34. The van der Waals surface area contributed by atoms with Gasteiger partial charge >= 0.3 is 17.9 Å². The van der Waals surface area contributed by atoms with Crippen molar-refractivity contribution in [3.8, 4) is 0 Å². The standard InChI is InChI=1S/C24H23NO7/c26-20-18-13-5-6-14(11-13)19(18)21(27)25(20)9-3-1-2-4-10-31-22(28)15-7-8-16-17(12-15)24(30)32-23(16)29/h5-8,12-14,18-19H,1-4,9-11H2. The lowest BCUT2D eigenvalue weighted by Crippen LogP contribution is -2.33. The number of imide groups is 1. The maximum absolute atomic E-state index is 12.6. The van der Waals surface area contributed by atoms with Gasteiger partial charge in [-0.15, -0.1) is 0 Å². The normalized spacial score (nSPS) is 27.2. The monoisotopic (exact) mass is 437 g/mol. The molecule has 4 atom stereocenters. The molecule has 2 amide bonds. The van der Waals surface area contributed by atoms with Crippen LogP contribution in [0.3, 0.4) is 0 Å². The van der Waals surface area contributed by atoms with E-state index in [4.69, 9.17) is 4.74 Å².